The first kappa shape index (κ1) is 22.2. The van der Waals surface area contributed by atoms with Crippen LogP contribution in [0.4, 0.5) is 13.9 Å². The highest BCUT2D eigenvalue weighted by Gasteiger charge is 2.37. The number of thiazole rings is 1. The number of alkyl halides is 2. The summed E-state index contributed by atoms with van der Waals surface area (Å²) in [5.41, 5.74) is 1.49. The first-order valence-electron chi connectivity index (χ1n) is 10.8. The lowest BCUT2D eigenvalue weighted by atomic mass is 9.98. The molecule has 5 rings (SSSR count). The Kier molecular flexibility index (Phi) is 5.78. The minimum Gasteiger partial charge on any atom is -0.298 e. The monoisotopic (exact) mass is 488 g/mol. The van der Waals surface area contributed by atoms with E-state index in [1.54, 1.807) is 18.2 Å². The number of rotatable bonds is 6. The molecule has 3 aromatic rings. The lowest BCUT2D eigenvalue weighted by molar-refractivity contribution is -0.111. The van der Waals surface area contributed by atoms with E-state index in [9.17, 15) is 22.0 Å². The van der Waals surface area contributed by atoms with Crippen LogP contribution >= 0.6 is 11.3 Å². The molecule has 172 valence electrons. The highest BCUT2D eigenvalue weighted by molar-refractivity contribution is 7.92. The molecule has 2 saturated carbocycles. The molecule has 9 heteroatoms. The van der Waals surface area contributed by atoms with Crippen molar-refractivity contribution in [3.8, 4) is 0 Å². The molecule has 5 nitrogen and oxygen atoms in total. The number of nitrogens with one attached hydrogen (secondary N) is 1. The number of allylic oxidation sites excluding steroid dienone is 1. The molecule has 1 aromatic heterocycles. The SMILES string of the molecule is O=C(Nc1nc2ccccc2s1)C(=CC1C[C@@H](F)[C@@H](F)C1)c1ccc(S(=O)(=O)C2CC2)cc1. The van der Waals surface area contributed by atoms with Gasteiger partial charge in [0.05, 0.1) is 20.4 Å². The van der Waals surface area contributed by atoms with Crippen LogP contribution < -0.4 is 5.32 Å². The van der Waals surface area contributed by atoms with E-state index >= 15 is 0 Å². The summed E-state index contributed by atoms with van der Waals surface area (Å²) in [6.45, 7) is 0. The van der Waals surface area contributed by atoms with E-state index in [1.807, 2.05) is 24.3 Å². The second-order valence-corrected chi connectivity index (χ2v) is 11.8. The Morgan fingerprint density at radius 3 is 2.33 bits per heavy atom. The van der Waals surface area contributed by atoms with Crippen molar-refractivity contribution in [2.75, 3.05) is 5.32 Å². The summed E-state index contributed by atoms with van der Waals surface area (Å²) in [7, 11) is -3.36. The summed E-state index contributed by atoms with van der Waals surface area (Å²) < 4.78 is 53.5. The first-order chi connectivity index (χ1) is 15.8. The number of para-hydroxylation sites is 1. The van der Waals surface area contributed by atoms with Crippen LogP contribution in [0.3, 0.4) is 0 Å². The lowest BCUT2D eigenvalue weighted by Gasteiger charge is -2.12. The summed E-state index contributed by atoms with van der Waals surface area (Å²) in [4.78, 5) is 17.9. The van der Waals surface area contributed by atoms with Crippen LogP contribution in [0.25, 0.3) is 15.8 Å². The number of nitrogens with zero attached hydrogens (tertiary/aromatic N) is 1. The molecule has 0 saturated heterocycles. The summed E-state index contributed by atoms with van der Waals surface area (Å²) in [6, 6.07) is 13.6. The number of anilines is 1. The average Bonchev–Trinajstić information content (AvgIpc) is 3.51. The van der Waals surface area contributed by atoms with E-state index < -0.39 is 34.0 Å². The zero-order valence-corrected chi connectivity index (χ0v) is 19.2. The maximum absolute atomic E-state index is 13.8. The Hall–Kier alpha value is -2.65. The smallest absolute Gasteiger partial charge is 0.257 e. The van der Waals surface area contributed by atoms with Crippen molar-refractivity contribution < 1.29 is 22.0 Å². The first-order valence-corrected chi connectivity index (χ1v) is 13.2. The van der Waals surface area contributed by atoms with Gasteiger partial charge in [-0.05, 0) is 61.4 Å². The van der Waals surface area contributed by atoms with Gasteiger partial charge in [-0.2, -0.15) is 0 Å². The number of aromatic nitrogens is 1. The molecule has 0 radical (unpaired) electrons. The number of amides is 1. The van der Waals surface area contributed by atoms with Crippen LogP contribution in [0, 0.1) is 5.92 Å². The van der Waals surface area contributed by atoms with Crippen molar-refractivity contribution in [3.63, 3.8) is 0 Å². The van der Waals surface area contributed by atoms with Gasteiger partial charge in [0, 0.05) is 5.57 Å². The van der Waals surface area contributed by atoms with Crippen LogP contribution in [0.5, 0.6) is 0 Å². The Morgan fingerprint density at radius 2 is 1.70 bits per heavy atom. The lowest BCUT2D eigenvalue weighted by Crippen LogP contribution is -2.15. The fourth-order valence-electron chi connectivity index (χ4n) is 4.13. The number of carbonyl (C=O) groups is 1. The third-order valence-electron chi connectivity index (χ3n) is 6.07. The molecule has 0 bridgehead atoms. The maximum Gasteiger partial charge on any atom is 0.257 e. The largest absolute Gasteiger partial charge is 0.298 e. The third kappa shape index (κ3) is 4.56. The van der Waals surface area contributed by atoms with Gasteiger partial charge in [0.1, 0.15) is 12.3 Å². The molecule has 0 spiro atoms. The molecular weight excluding hydrogens is 466 g/mol. The topological polar surface area (TPSA) is 76.1 Å². The number of fused-ring (bicyclic) bond motifs is 1. The Balaban J connectivity index is 1.45. The molecule has 1 amide bonds. The van der Waals surface area contributed by atoms with Crippen LogP contribution in [0.2, 0.25) is 0 Å². The van der Waals surface area contributed by atoms with Crippen molar-refractivity contribution in [2.24, 2.45) is 5.92 Å². The molecule has 2 fully saturated rings. The predicted octanol–water partition coefficient (Wildman–Crippen LogP) is 5.34. The Labute approximate surface area is 194 Å². The van der Waals surface area contributed by atoms with Gasteiger partial charge in [-0.15, -0.1) is 0 Å². The summed E-state index contributed by atoms with van der Waals surface area (Å²) in [5, 5.41) is 2.88. The maximum atomic E-state index is 13.8. The van der Waals surface area contributed by atoms with E-state index in [0.717, 1.165) is 10.2 Å². The van der Waals surface area contributed by atoms with Gasteiger partial charge in [-0.3, -0.25) is 10.1 Å². The summed E-state index contributed by atoms with van der Waals surface area (Å²) in [5.74, 6) is -0.884. The standard InChI is InChI=1S/C24H22F2N2O3S2/c25-19-12-14(13-20(19)26)11-18(15-5-7-16(8-6-15)33(30,31)17-9-10-17)23(29)28-24-27-21-3-1-2-4-22(21)32-24/h1-8,11,14,17,19-20H,9-10,12-13H2,(H,27,28,29)/t14?,19-,20+. The van der Waals surface area contributed by atoms with E-state index in [0.29, 0.717) is 23.5 Å². The van der Waals surface area contributed by atoms with Gasteiger partial charge in [-0.25, -0.2) is 22.2 Å². The van der Waals surface area contributed by atoms with Crippen molar-refractivity contribution in [1.82, 2.24) is 4.98 Å². The van der Waals surface area contributed by atoms with Crippen LogP contribution in [0.1, 0.15) is 31.2 Å². The molecular formula is C24H22F2N2O3S2. The van der Waals surface area contributed by atoms with Gasteiger partial charge in [0.25, 0.3) is 5.91 Å². The number of halogens is 2. The molecule has 1 heterocycles. The van der Waals surface area contributed by atoms with Crippen molar-refractivity contribution >= 4 is 48.0 Å². The number of sulfone groups is 1. The van der Waals surface area contributed by atoms with E-state index in [4.69, 9.17) is 0 Å². The summed E-state index contributed by atoms with van der Waals surface area (Å²) in [6.07, 6.45) is -0.163. The number of benzene rings is 2. The zero-order valence-electron chi connectivity index (χ0n) is 17.6. The normalized spacial score (nSPS) is 23.7. The van der Waals surface area contributed by atoms with E-state index in [-0.39, 0.29) is 28.6 Å². The zero-order chi connectivity index (χ0) is 23.2. The molecule has 2 aromatic carbocycles. The Morgan fingerprint density at radius 1 is 1.03 bits per heavy atom. The molecule has 1 N–H and O–H groups in total. The summed E-state index contributed by atoms with van der Waals surface area (Å²) >= 11 is 1.33. The van der Waals surface area contributed by atoms with E-state index in [2.05, 4.69) is 10.3 Å². The minimum atomic E-state index is -3.36. The number of carbonyl (C=O) groups excluding carboxylic acids is 1. The fraction of sp³-hybridized carbons (Fsp3) is 0.333. The number of hydrogen-bond donors (Lipinski definition) is 1. The molecule has 33 heavy (non-hydrogen) atoms. The second kappa shape index (κ2) is 8.61. The predicted molar refractivity (Wildman–Crippen MR) is 125 cm³/mol. The van der Waals surface area contributed by atoms with E-state index in [1.165, 1.54) is 23.5 Å². The Bertz CT molecular complexity index is 1290. The molecule has 3 atom stereocenters. The molecule has 1 unspecified atom stereocenters. The molecule has 0 aliphatic heterocycles. The van der Waals surface area contributed by atoms with Gasteiger partial charge < -0.3 is 0 Å². The molecule has 2 aliphatic rings. The third-order valence-corrected chi connectivity index (χ3v) is 9.30. The van der Waals surface area contributed by atoms with Crippen LogP contribution in [0.15, 0.2) is 59.5 Å². The van der Waals surface area contributed by atoms with Crippen LogP contribution in [-0.2, 0) is 14.6 Å². The average molecular weight is 489 g/mol. The van der Waals surface area contributed by atoms with Crippen molar-refractivity contribution in [3.05, 3.63) is 60.2 Å². The van der Waals surface area contributed by atoms with Gasteiger partial charge in [0.15, 0.2) is 15.0 Å². The fourth-order valence-corrected chi connectivity index (χ4v) is 6.65. The second-order valence-electron chi connectivity index (χ2n) is 8.55. The van der Waals surface area contributed by atoms with Gasteiger partial charge in [-0.1, -0.05) is 41.7 Å². The minimum absolute atomic E-state index is 0.00717. The van der Waals surface area contributed by atoms with Crippen molar-refractivity contribution in [2.45, 2.75) is 48.2 Å². The highest BCUT2D eigenvalue weighted by Crippen LogP contribution is 2.36. The van der Waals surface area contributed by atoms with Gasteiger partial charge >= 0.3 is 0 Å². The van der Waals surface area contributed by atoms with Crippen molar-refractivity contribution in [1.29, 1.82) is 0 Å². The highest BCUT2D eigenvalue weighted by atomic mass is 32.2. The van der Waals surface area contributed by atoms with Crippen LogP contribution in [-0.4, -0.2) is 36.9 Å². The molecule has 2 aliphatic carbocycles. The quantitative estimate of drug-likeness (QED) is 0.475. The number of hydrogen-bond acceptors (Lipinski definition) is 5. The van der Waals surface area contributed by atoms with Gasteiger partial charge in [0.2, 0.25) is 0 Å².